The highest BCUT2D eigenvalue weighted by atomic mass is 35.5. The van der Waals surface area contributed by atoms with Gasteiger partial charge in [0.05, 0.1) is 10.4 Å². The zero-order chi connectivity index (χ0) is 14.4. The van der Waals surface area contributed by atoms with Crippen LogP contribution in [0.4, 0.5) is 0 Å². The van der Waals surface area contributed by atoms with Crippen LogP contribution in [-0.4, -0.2) is 29.2 Å². The average Bonchev–Trinajstić information content (AvgIpc) is 2.84. The number of aliphatic hydroxyl groups excluding tert-OH is 1. The summed E-state index contributed by atoms with van der Waals surface area (Å²) in [6.45, 7) is 4.56. The molecule has 0 aliphatic carbocycles. The number of aliphatic hydroxyl groups is 1. The predicted molar refractivity (Wildman–Crippen MR) is 86.4 cm³/mol. The van der Waals surface area contributed by atoms with Crippen molar-refractivity contribution < 1.29 is 5.11 Å². The largest absolute Gasteiger partial charge is 0.391 e. The Hall–Kier alpha value is -0.870. The van der Waals surface area contributed by atoms with Crippen LogP contribution in [0.2, 0.25) is 4.34 Å². The Morgan fingerprint density at radius 2 is 1.95 bits per heavy atom. The number of halogens is 1. The summed E-state index contributed by atoms with van der Waals surface area (Å²) < 4.78 is 0.820. The molecule has 1 unspecified atom stereocenters. The number of likely N-dealkylation sites (N-methyl/N-ethyl adjacent to an activating group) is 1. The third-order valence-corrected chi connectivity index (χ3v) is 4.45. The molecule has 0 aliphatic heterocycles. The molecular weight excluding hydrogens is 290 g/mol. The van der Waals surface area contributed by atoms with Crippen molar-refractivity contribution in [2.24, 2.45) is 0 Å². The second kappa shape index (κ2) is 7.79. The van der Waals surface area contributed by atoms with Crippen molar-refractivity contribution in [2.45, 2.75) is 26.0 Å². The van der Waals surface area contributed by atoms with E-state index in [4.69, 9.17) is 11.6 Å². The molecule has 0 fully saturated rings. The van der Waals surface area contributed by atoms with Crippen LogP contribution in [0.15, 0.2) is 42.5 Å². The second-order valence-electron chi connectivity index (χ2n) is 4.88. The van der Waals surface area contributed by atoms with Crippen molar-refractivity contribution in [3.63, 3.8) is 0 Å². The summed E-state index contributed by atoms with van der Waals surface area (Å²) in [4.78, 5) is 3.49. The lowest BCUT2D eigenvalue weighted by molar-refractivity contribution is 0.112. The van der Waals surface area contributed by atoms with Gasteiger partial charge in [-0.15, -0.1) is 11.3 Å². The molecule has 0 saturated carbocycles. The minimum atomic E-state index is -0.340. The van der Waals surface area contributed by atoms with Gasteiger partial charge in [0.2, 0.25) is 0 Å². The number of hydrogen-bond donors (Lipinski definition) is 1. The van der Waals surface area contributed by atoms with E-state index < -0.39 is 0 Å². The molecule has 2 rings (SSSR count). The number of rotatable bonds is 7. The van der Waals surface area contributed by atoms with Crippen molar-refractivity contribution in [3.8, 4) is 0 Å². The topological polar surface area (TPSA) is 23.5 Å². The third kappa shape index (κ3) is 4.91. The van der Waals surface area contributed by atoms with Crippen molar-refractivity contribution >= 4 is 22.9 Å². The minimum Gasteiger partial charge on any atom is -0.391 e. The fourth-order valence-corrected chi connectivity index (χ4v) is 3.34. The van der Waals surface area contributed by atoms with E-state index in [0.29, 0.717) is 13.0 Å². The first-order chi connectivity index (χ1) is 9.67. The standard InChI is InChI=1S/C16H20ClNOS/c1-2-18(12-15-8-9-16(17)20-15)11-14(19)10-13-6-4-3-5-7-13/h3-9,14,19H,2,10-12H2,1H3. The molecule has 0 spiro atoms. The fraction of sp³-hybridized carbons (Fsp3) is 0.375. The summed E-state index contributed by atoms with van der Waals surface area (Å²) in [6.07, 6.45) is 0.357. The second-order valence-corrected chi connectivity index (χ2v) is 6.68. The number of nitrogens with zero attached hydrogens (tertiary/aromatic N) is 1. The third-order valence-electron chi connectivity index (χ3n) is 3.24. The van der Waals surface area contributed by atoms with Crippen molar-refractivity contribution in [1.29, 1.82) is 0 Å². The van der Waals surface area contributed by atoms with Gasteiger partial charge in [0.15, 0.2) is 0 Å². The monoisotopic (exact) mass is 309 g/mol. The Balaban J connectivity index is 1.86. The van der Waals surface area contributed by atoms with Crippen LogP contribution < -0.4 is 0 Å². The zero-order valence-corrected chi connectivity index (χ0v) is 13.2. The molecule has 0 radical (unpaired) electrons. The normalized spacial score (nSPS) is 12.8. The van der Waals surface area contributed by atoms with E-state index in [1.807, 2.05) is 24.3 Å². The molecule has 1 N–H and O–H groups in total. The molecule has 108 valence electrons. The molecule has 1 aromatic carbocycles. The minimum absolute atomic E-state index is 0.340. The zero-order valence-electron chi connectivity index (χ0n) is 11.6. The van der Waals surface area contributed by atoms with E-state index in [-0.39, 0.29) is 6.10 Å². The molecular formula is C16H20ClNOS. The van der Waals surface area contributed by atoms with Crippen LogP contribution in [-0.2, 0) is 13.0 Å². The fourth-order valence-electron chi connectivity index (χ4n) is 2.21. The maximum atomic E-state index is 10.2. The number of hydrogen-bond acceptors (Lipinski definition) is 3. The molecule has 1 aromatic heterocycles. The lowest BCUT2D eigenvalue weighted by Gasteiger charge is -2.23. The van der Waals surface area contributed by atoms with Gasteiger partial charge in [-0.3, -0.25) is 4.90 Å². The number of thiophene rings is 1. The van der Waals surface area contributed by atoms with Gasteiger partial charge in [0.1, 0.15) is 0 Å². The van der Waals surface area contributed by atoms with Gasteiger partial charge in [-0.1, -0.05) is 48.9 Å². The van der Waals surface area contributed by atoms with Crippen LogP contribution in [0.3, 0.4) is 0 Å². The van der Waals surface area contributed by atoms with Crippen LogP contribution in [0.25, 0.3) is 0 Å². The van der Waals surface area contributed by atoms with E-state index >= 15 is 0 Å². The Kier molecular flexibility index (Phi) is 6.05. The molecule has 20 heavy (non-hydrogen) atoms. The Labute approximate surface area is 129 Å². The molecule has 0 bridgehead atoms. The van der Waals surface area contributed by atoms with Crippen LogP contribution >= 0.6 is 22.9 Å². The van der Waals surface area contributed by atoms with Gasteiger partial charge in [0, 0.05) is 18.0 Å². The van der Waals surface area contributed by atoms with E-state index in [2.05, 4.69) is 30.0 Å². The molecule has 0 saturated heterocycles. The summed E-state index contributed by atoms with van der Waals surface area (Å²) in [5.74, 6) is 0. The van der Waals surface area contributed by atoms with Crippen molar-refractivity contribution in [3.05, 3.63) is 57.2 Å². The van der Waals surface area contributed by atoms with E-state index in [0.717, 1.165) is 17.4 Å². The lowest BCUT2D eigenvalue weighted by atomic mass is 10.1. The highest BCUT2D eigenvalue weighted by Gasteiger charge is 2.12. The Morgan fingerprint density at radius 3 is 2.55 bits per heavy atom. The summed E-state index contributed by atoms with van der Waals surface area (Å²) in [6, 6.07) is 14.1. The van der Waals surface area contributed by atoms with Gasteiger partial charge in [-0.25, -0.2) is 0 Å². The molecule has 2 aromatic rings. The van der Waals surface area contributed by atoms with Gasteiger partial charge in [-0.2, -0.15) is 0 Å². The Bertz CT molecular complexity index is 514. The van der Waals surface area contributed by atoms with Gasteiger partial charge in [-0.05, 0) is 30.7 Å². The van der Waals surface area contributed by atoms with Crippen molar-refractivity contribution in [1.82, 2.24) is 4.90 Å². The molecule has 0 amide bonds. The highest BCUT2D eigenvalue weighted by Crippen LogP contribution is 2.22. The highest BCUT2D eigenvalue weighted by molar-refractivity contribution is 7.16. The van der Waals surface area contributed by atoms with Gasteiger partial charge >= 0.3 is 0 Å². The van der Waals surface area contributed by atoms with E-state index in [1.165, 1.54) is 10.4 Å². The maximum Gasteiger partial charge on any atom is 0.0931 e. The lowest BCUT2D eigenvalue weighted by Crippen LogP contribution is -2.32. The molecule has 1 atom stereocenters. The van der Waals surface area contributed by atoms with E-state index in [1.54, 1.807) is 11.3 Å². The first-order valence-electron chi connectivity index (χ1n) is 6.86. The maximum absolute atomic E-state index is 10.2. The number of benzene rings is 1. The molecule has 1 heterocycles. The van der Waals surface area contributed by atoms with Crippen LogP contribution in [0.5, 0.6) is 0 Å². The van der Waals surface area contributed by atoms with Crippen LogP contribution in [0, 0.1) is 0 Å². The summed E-state index contributed by atoms with van der Waals surface area (Å²) in [5, 5.41) is 10.2. The first-order valence-corrected chi connectivity index (χ1v) is 8.05. The van der Waals surface area contributed by atoms with Crippen molar-refractivity contribution in [2.75, 3.05) is 13.1 Å². The van der Waals surface area contributed by atoms with Gasteiger partial charge < -0.3 is 5.11 Å². The first kappa shape index (κ1) is 15.5. The smallest absolute Gasteiger partial charge is 0.0931 e. The Morgan fingerprint density at radius 1 is 1.20 bits per heavy atom. The SMILES string of the molecule is CCN(Cc1ccc(Cl)s1)CC(O)Cc1ccccc1. The van der Waals surface area contributed by atoms with Gasteiger partial charge in [0.25, 0.3) is 0 Å². The molecule has 0 aliphatic rings. The predicted octanol–water partition coefficient (Wildman–Crippen LogP) is 3.83. The molecule has 4 heteroatoms. The summed E-state index contributed by atoms with van der Waals surface area (Å²) in [7, 11) is 0. The summed E-state index contributed by atoms with van der Waals surface area (Å²) >= 11 is 7.56. The average molecular weight is 310 g/mol. The van der Waals surface area contributed by atoms with Crippen LogP contribution in [0.1, 0.15) is 17.4 Å². The van der Waals surface area contributed by atoms with E-state index in [9.17, 15) is 5.11 Å². The molecule has 2 nitrogen and oxygen atoms in total. The summed E-state index contributed by atoms with van der Waals surface area (Å²) in [5.41, 5.74) is 1.18. The quantitative estimate of drug-likeness (QED) is 0.840.